The van der Waals surface area contributed by atoms with Crippen LogP contribution in [-0.2, 0) is 4.79 Å². The maximum atomic E-state index is 13.4. The van der Waals surface area contributed by atoms with Gasteiger partial charge in [-0.15, -0.1) is 0 Å². The highest BCUT2D eigenvalue weighted by molar-refractivity contribution is 5.93. The molecule has 1 heterocycles. The van der Waals surface area contributed by atoms with Crippen molar-refractivity contribution in [3.63, 3.8) is 0 Å². The Labute approximate surface area is 105 Å². The average Bonchev–Trinajstić information content (AvgIpc) is 2.34. The number of para-hydroxylation sites is 1. The first-order valence-corrected chi connectivity index (χ1v) is 6.01. The Kier molecular flexibility index (Phi) is 3.91. The van der Waals surface area contributed by atoms with Crippen LogP contribution < -0.4 is 5.32 Å². The molecule has 1 unspecified atom stereocenters. The summed E-state index contributed by atoms with van der Waals surface area (Å²) in [6.45, 7) is 1.58. The van der Waals surface area contributed by atoms with Gasteiger partial charge in [-0.3, -0.25) is 4.79 Å². The predicted octanol–water partition coefficient (Wildman–Crippen LogP) is 2.25. The van der Waals surface area contributed by atoms with Crippen LogP contribution in [0.3, 0.4) is 0 Å². The quantitative estimate of drug-likeness (QED) is 0.878. The molecule has 1 fully saturated rings. The Balaban J connectivity index is 2.07. The highest BCUT2D eigenvalue weighted by Gasteiger charge is 2.25. The van der Waals surface area contributed by atoms with Crippen molar-refractivity contribution in [1.82, 2.24) is 4.90 Å². The molecule has 1 aliphatic heterocycles. The number of likely N-dealkylation sites (tertiary alicyclic amines) is 1. The molecule has 1 saturated heterocycles. The van der Waals surface area contributed by atoms with E-state index in [2.05, 4.69) is 5.32 Å². The van der Waals surface area contributed by atoms with Gasteiger partial charge >= 0.3 is 0 Å². The Bertz CT molecular complexity index is 430. The molecule has 1 N–H and O–H groups in total. The summed E-state index contributed by atoms with van der Waals surface area (Å²) in [5.41, 5.74) is -0.351. The minimum atomic E-state index is -0.743. The summed E-state index contributed by atoms with van der Waals surface area (Å²) in [5, 5.41) is 2.35. The molecule has 1 amide bonds. The molecular formula is C13H16F2N2O. The van der Waals surface area contributed by atoms with Gasteiger partial charge in [-0.25, -0.2) is 8.78 Å². The largest absolute Gasteiger partial charge is 0.321 e. The van der Waals surface area contributed by atoms with Crippen LogP contribution in [0.25, 0.3) is 0 Å². The molecule has 1 aromatic rings. The van der Waals surface area contributed by atoms with Gasteiger partial charge in [0.15, 0.2) is 0 Å². The summed E-state index contributed by atoms with van der Waals surface area (Å²) in [6, 6.07) is 3.53. The molecule has 1 aliphatic rings. The van der Waals surface area contributed by atoms with E-state index in [-0.39, 0.29) is 17.5 Å². The molecule has 0 bridgehead atoms. The zero-order chi connectivity index (χ0) is 13.1. The zero-order valence-electron chi connectivity index (χ0n) is 10.2. The molecule has 98 valence electrons. The van der Waals surface area contributed by atoms with E-state index in [9.17, 15) is 13.6 Å². The van der Waals surface area contributed by atoms with E-state index >= 15 is 0 Å². The van der Waals surface area contributed by atoms with Crippen LogP contribution in [-0.4, -0.2) is 30.9 Å². The Hall–Kier alpha value is -1.49. The number of amides is 1. The minimum Gasteiger partial charge on any atom is -0.321 e. The van der Waals surface area contributed by atoms with E-state index in [1.807, 2.05) is 11.9 Å². The van der Waals surface area contributed by atoms with E-state index in [1.54, 1.807) is 0 Å². The fourth-order valence-corrected chi connectivity index (χ4v) is 2.22. The number of nitrogens with zero attached hydrogens (tertiary/aromatic N) is 1. The van der Waals surface area contributed by atoms with Gasteiger partial charge in [0.2, 0.25) is 5.91 Å². The zero-order valence-corrected chi connectivity index (χ0v) is 10.2. The Morgan fingerprint density at radius 3 is 2.67 bits per heavy atom. The van der Waals surface area contributed by atoms with Crippen LogP contribution >= 0.6 is 0 Å². The van der Waals surface area contributed by atoms with Crippen molar-refractivity contribution < 1.29 is 13.6 Å². The summed E-state index contributed by atoms with van der Waals surface area (Å²) in [5.74, 6) is -2.01. The van der Waals surface area contributed by atoms with Crippen molar-refractivity contribution >= 4 is 11.6 Å². The molecule has 1 atom stereocenters. The number of carbonyl (C=O) groups excluding carboxylic acids is 1. The summed E-state index contributed by atoms with van der Waals surface area (Å²) >= 11 is 0. The number of halogens is 2. The van der Waals surface area contributed by atoms with Crippen molar-refractivity contribution in [2.75, 3.05) is 25.5 Å². The van der Waals surface area contributed by atoms with Gasteiger partial charge in [-0.2, -0.15) is 0 Å². The standard InChI is InChI=1S/C13H16F2N2O/c1-17-7-3-4-9(8-17)13(18)16-12-10(14)5-2-6-11(12)15/h2,5-6,9H,3-4,7-8H2,1H3,(H,16,18). The normalized spacial score (nSPS) is 20.7. The van der Waals surface area contributed by atoms with E-state index in [4.69, 9.17) is 0 Å². The third-order valence-corrected chi connectivity index (χ3v) is 3.21. The molecule has 0 radical (unpaired) electrons. The van der Waals surface area contributed by atoms with Gasteiger partial charge in [0.05, 0.1) is 5.92 Å². The van der Waals surface area contributed by atoms with E-state index in [1.165, 1.54) is 6.07 Å². The van der Waals surface area contributed by atoms with Crippen LogP contribution in [0.5, 0.6) is 0 Å². The first-order valence-electron chi connectivity index (χ1n) is 6.01. The SMILES string of the molecule is CN1CCCC(C(=O)Nc2c(F)cccc2F)C1. The van der Waals surface area contributed by atoms with E-state index in [0.29, 0.717) is 6.54 Å². The van der Waals surface area contributed by atoms with Gasteiger partial charge in [0.25, 0.3) is 0 Å². The second kappa shape index (κ2) is 5.44. The van der Waals surface area contributed by atoms with E-state index < -0.39 is 11.6 Å². The lowest BCUT2D eigenvalue weighted by Gasteiger charge is -2.28. The highest BCUT2D eigenvalue weighted by atomic mass is 19.1. The second-order valence-electron chi connectivity index (χ2n) is 4.69. The van der Waals surface area contributed by atoms with Crippen LogP contribution in [0.15, 0.2) is 18.2 Å². The van der Waals surface area contributed by atoms with Crippen molar-refractivity contribution in [3.05, 3.63) is 29.8 Å². The number of carbonyl (C=O) groups is 1. The Morgan fingerprint density at radius 1 is 1.39 bits per heavy atom. The summed E-state index contributed by atoms with van der Waals surface area (Å²) in [7, 11) is 1.93. The average molecular weight is 254 g/mol. The molecule has 0 spiro atoms. The van der Waals surface area contributed by atoms with Crippen LogP contribution in [0.4, 0.5) is 14.5 Å². The monoisotopic (exact) mass is 254 g/mol. The molecule has 1 aromatic carbocycles. The molecular weight excluding hydrogens is 238 g/mol. The van der Waals surface area contributed by atoms with Gasteiger partial charge in [0.1, 0.15) is 17.3 Å². The van der Waals surface area contributed by atoms with Gasteiger partial charge in [-0.1, -0.05) is 6.07 Å². The maximum absolute atomic E-state index is 13.4. The van der Waals surface area contributed by atoms with Crippen LogP contribution in [0, 0.1) is 17.6 Å². The minimum absolute atomic E-state index is 0.206. The number of piperidine rings is 1. The fraction of sp³-hybridized carbons (Fsp3) is 0.462. The third-order valence-electron chi connectivity index (χ3n) is 3.21. The summed E-state index contributed by atoms with van der Waals surface area (Å²) in [4.78, 5) is 14.0. The highest BCUT2D eigenvalue weighted by Crippen LogP contribution is 2.21. The number of hydrogen-bond acceptors (Lipinski definition) is 2. The second-order valence-corrected chi connectivity index (χ2v) is 4.69. The smallest absolute Gasteiger partial charge is 0.228 e. The summed E-state index contributed by atoms with van der Waals surface area (Å²) < 4.78 is 26.8. The predicted molar refractivity (Wildman–Crippen MR) is 65.2 cm³/mol. The third kappa shape index (κ3) is 2.85. The Morgan fingerprint density at radius 2 is 2.06 bits per heavy atom. The van der Waals surface area contributed by atoms with Crippen molar-refractivity contribution in [2.45, 2.75) is 12.8 Å². The molecule has 2 rings (SSSR count). The number of rotatable bonds is 2. The first-order chi connectivity index (χ1) is 8.58. The van der Waals surface area contributed by atoms with Crippen molar-refractivity contribution in [3.8, 4) is 0 Å². The van der Waals surface area contributed by atoms with Gasteiger partial charge in [0, 0.05) is 6.54 Å². The first kappa shape index (κ1) is 13.0. The maximum Gasteiger partial charge on any atom is 0.228 e. The number of hydrogen-bond donors (Lipinski definition) is 1. The molecule has 18 heavy (non-hydrogen) atoms. The van der Waals surface area contributed by atoms with Crippen molar-refractivity contribution in [2.24, 2.45) is 5.92 Å². The number of benzene rings is 1. The van der Waals surface area contributed by atoms with Crippen molar-refractivity contribution in [1.29, 1.82) is 0 Å². The topological polar surface area (TPSA) is 32.3 Å². The number of nitrogens with one attached hydrogen (secondary N) is 1. The van der Waals surface area contributed by atoms with Crippen LogP contribution in [0.2, 0.25) is 0 Å². The van der Waals surface area contributed by atoms with Crippen LogP contribution in [0.1, 0.15) is 12.8 Å². The lowest BCUT2D eigenvalue weighted by Crippen LogP contribution is -2.38. The van der Waals surface area contributed by atoms with E-state index in [0.717, 1.165) is 31.5 Å². The molecule has 0 aliphatic carbocycles. The molecule has 3 nitrogen and oxygen atoms in total. The molecule has 0 saturated carbocycles. The van der Waals surface area contributed by atoms with Gasteiger partial charge < -0.3 is 10.2 Å². The lowest BCUT2D eigenvalue weighted by atomic mass is 9.97. The lowest BCUT2D eigenvalue weighted by molar-refractivity contribution is -0.121. The molecule has 5 heteroatoms. The number of anilines is 1. The fourth-order valence-electron chi connectivity index (χ4n) is 2.22. The summed E-state index contributed by atoms with van der Waals surface area (Å²) in [6.07, 6.45) is 1.68. The molecule has 0 aromatic heterocycles. The van der Waals surface area contributed by atoms with Gasteiger partial charge in [-0.05, 0) is 38.6 Å².